The molecule has 2 aromatic rings. The fourth-order valence-electron chi connectivity index (χ4n) is 3.89. The summed E-state index contributed by atoms with van der Waals surface area (Å²) in [6.45, 7) is 4.61. The Balaban J connectivity index is 1.70. The zero-order chi connectivity index (χ0) is 22.0. The van der Waals surface area contributed by atoms with Gasteiger partial charge >= 0.3 is 0 Å². The van der Waals surface area contributed by atoms with Gasteiger partial charge in [-0.3, -0.25) is 9.59 Å². The van der Waals surface area contributed by atoms with Crippen molar-refractivity contribution in [2.45, 2.75) is 26.1 Å². The summed E-state index contributed by atoms with van der Waals surface area (Å²) in [5.74, 6) is -0.367. The van der Waals surface area contributed by atoms with Crippen LogP contribution in [0.5, 0.6) is 0 Å². The summed E-state index contributed by atoms with van der Waals surface area (Å²) in [7, 11) is 0. The normalized spacial score (nSPS) is 21.6. The second kappa shape index (κ2) is 8.54. The highest BCUT2D eigenvalue weighted by atomic mass is 16.5. The second-order valence-corrected chi connectivity index (χ2v) is 7.63. The van der Waals surface area contributed by atoms with Crippen molar-refractivity contribution >= 4 is 23.3 Å². The number of carbonyl (C=O) groups is 2. The van der Waals surface area contributed by atoms with Crippen molar-refractivity contribution in [3.05, 3.63) is 76.9 Å². The van der Waals surface area contributed by atoms with Crippen molar-refractivity contribution in [2.24, 2.45) is 4.99 Å². The Labute approximate surface area is 180 Å². The maximum Gasteiger partial charge on any atom is 0.266 e. The Bertz CT molecular complexity index is 1120. The highest BCUT2D eigenvalue weighted by Gasteiger charge is 2.32. The van der Waals surface area contributed by atoms with E-state index < -0.39 is 0 Å². The maximum absolute atomic E-state index is 13.2. The zero-order valence-electron chi connectivity index (χ0n) is 17.3. The molecule has 2 aromatic carbocycles. The van der Waals surface area contributed by atoms with E-state index in [0.29, 0.717) is 35.6 Å². The van der Waals surface area contributed by atoms with Crippen LogP contribution < -0.4 is 5.32 Å². The fourth-order valence-corrected chi connectivity index (χ4v) is 3.89. The van der Waals surface area contributed by atoms with Crippen LogP contribution in [0.3, 0.4) is 0 Å². The number of nitrogens with zero attached hydrogens (tertiary/aromatic N) is 3. The van der Waals surface area contributed by atoms with Crippen LogP contribution in [0.4, 0.5) is 0 Å². The van der Waals surface area contributed by atoms with E-state index in [9.17, 15) is 14.9 Å². The number of benzene rings is 2. The number of morpholine rings is 1. The van der Waals surface area contributed by atoms with Crippen LogP contribution in [-0.4, -0.2) is 47.8 Å². The van der Waals surface area contributed by atoms with Gasteiger partial charge in [0.1, 0.15) is 17.5 Å². The molecule has 2 atom stereocenters. The summed E-state index contributed by atoms with van der Waals surface area (Å²) >= 11 is 0. The lowest BCUT2D eigenvalue weighted by Crippen LogP contribution is -2.48. The number of rotatable bonds is 2. The standard InChI is InChI=1S/C24H22N4O3/c1-15-13-28(14-16(2)31-15)24(30)20(12-25)21-18-10-6-7-11-19(18)22(26-21)27-23(29)17-8-4-3-5-9-17/h3-11,15-16H,13-14H2,1-2H3,(H,26,27,29)/b21-20-/t15-,16+. The maximum atomic E-state index is 13.2. The Morgan fingerprint density at radius 1 is 1.03 bits per heavy atom. The molecule has 4 rings (SSSR count). The molecule has 0 spiro atoms. The lowest BCUT2D eigenvalue weighted by Gasteiger charge is -2.35. The van der Waals surface area contributed by atoms with Crippen LogP contribution in [0.2, 0.25) is 0 Å². The molecular weight excluding hydrogens is 392 g/mol. The van der Waals surface area contributed by atoms with E-state index in [4.69, 9.17) is 4.74 Å². The van der Waals surface area contributed by atoms with Gasteiger partial charge in [-0.25, -0.2) is 4.99 Å². The molecule has 2 heterocycles. The van der Waals surface area contributed by atoms with Crippen molar-refractivity contribution in [1.82, 2.24) is 10.2 Å². The first kappa shape index (κ1) is 20.5. The van der Waals surface area contributed by atoms with Crippen LogP contribution in [-0.2, 0) is 9.53 Å². The van der Waals surface area contributed by atoms with E-state index in [0.717, 1.165) is 0 Å². The van der Waals surface area contributed by atoms with E-state index >= 15 is 0 Å². The predicted octanol–water partition coefficient (Wildman–Crippen LogP) is 2.75. The third-order valence-electron chi connectivity index (χ3n) is 5.20. The molecule has 156 valence electrons. The third-order valence-corrected chi connectivity index (χ3v) is 5.20. The number of nitrogens with one attached hydrogen (secondary N) is 1. The molecule has 7 nitrogen and oxygen atoms in total. The van der Waals surface area contributed by atoms with Gasteiger partial charge < -0.3 is 15.0 Å². The molecule has 2 aliphatic heterocycles. The van der Waals surface area contributed by atoms with Gasteiger partial charge in [0.25, 0.3) is 11.8 Å². The molecule has 0 saturated carbocycles. The molecule has 7 heteroatoms. The quantitative estimate of drug-likeness (QED) is 0.604. The summed E-state index contributed by atoms with van der Waals surface area (Å²) < 4.78 is 5.70. The van der Waals surface area contributed by atoms with E-state index in [1.165, 1.54) is 0 Å². The largest absolute Gasteiger partial charge is 0.372 e. The van der Waals surface area contributed by atoms with E-state index in [1.807, 2.05) is 44.2 Å². The molecule has 1 fully saturated rings. The number of nitriles is 1. The topological polar surface area (TPSA) is 94.8 Å². The number of amidine groups is 1. The molecule has 0 aliphatic carbocycles. The first-order valence-corrected chi connectivity index (χ1v) is 10.1. The molecule has 0 aromatic heterocycles. The van der Waals surface area contributed by atoms with Gasteiger partial charge in [-0.15, -0.1) is 0 Å². The van der Waals surface area contributed by atoms with Crippen LogP contribution in [0.1, 0.15) is 35.3 Å². The lowest BCUT2D eigenvalue weighted by molar-refractivity contribution is -0.138. The molecule has 1 saturated heterocycles. The van der Waals surface area contributed by atoms with Crippen molar-refractivity contribution in [3.63, 3.8) is 0 Å². The second-order valence-electron chi connectivity index (χ2n) is 7.63. The molecule has 2 aliphatic rings. The van der Waals surface area contributed by atoms with E-state index in [2.05, 4.69) is 10.3 Å². The highest BCUT2D eigenvalue weighted by molar-refractivity contribution is 6.20. The van der Waals surface area contributed by atoms with Crippen LogP contribution in [0, 0.1) is 11.3 Å². The monoisotopic (exact) mass is 414 g/mol. The minimum atomic E-state index is -0.381. The van der Waals surface area contributed by atoms with Crippen molar-refractivity contribution in [3.8, 4) is 6.07 Å². The summed E-state index contributed by atoms with van der Waals surface area (Å²) in [6, 6.07) is 18.1. The highest BCUT2D eigenvalue weighted by Crippen LogP contribution is 2.31. The first-order valence-electron chi connectivity index (χ1n) is 10.1. The smallest absolute Gasteiger partial charge is 0.266 e. The summed E-state index contributed by atoms with van der Waals surface area (Å²) in [5, 5.41) is 12.7. The molecule has 0 radical (unpaired) electrons. The van der Waals surface area contributed by atoms with Gasteiger partial charge in [0.15, 0.2) is 0 Å². The Morgan fingerprint density at radius 3 is 2.29 bits per heavy atom. The average Bonchev–Trinajstić information content (AvgIpc) is 3.12. The van der Waals surface area contributed by atoms with E-state index in [1.54, 1.807) is 35.2 Å². The van der Waals surface area contributed by atoms with Gasteiger partial charge in [0.05, 0.1) is 17.9 Å². The zero-order valence-corrected chi connectivity index (χ0v) is 17.3. The number of ether oxygens (including phenoxy) is 1. The number of carbonyl (C=O) groups excluding carboxylic acids is 2. The number of fused-ring (bicyclic) bond motifs is 1. The lowest BCUT2D eigenvalue weighted by atomic mass is 10.0. The van der Waals surface area contributed by atoms with Crippen molar-refractivity contribution in [1.29, 1.82) is 5.26 Å². The molecule has 0 unspecified atom stereocenters. The van der Waals surface area contributed by atoms with Crippen LogP contribution in [0.25, 0.3) is 5.70 Å². The summed E-state index contributed by atoms with van der Waals surface area (Å²) in [6.07, 6.45) is -0.226. The molecular formula is C24H22N4O3. The number of hydrogen-bond donors (Lipinski definition) is 1. The van der Waals surface area contributed by atoms with Crippen molar-refractivity contribution in [2.75, 3.05) is 13.1 Å². The van der Waals surface area contributed by atoms with Gasteiger partial charge in [0.2, 0.25) is 0 Å². The van der Waals surface area contributed by atoms with Gasteiger partial charge in [-0.2, -0.15) is 5.26 Å². The minimum Gasteiger partial charge on any atom is -0.372 e. The number of amides is 2. The molecule has 2 amide bonds. The SMILES string of the molecule is C[C@@H]1CN(C(=O)/C(C#N)=C2\N=C(NC(=O)c3ccccc3)c3ccccc32)C[C@H](C)O1. The van der Waals surface area contributed by atoms with Crippen LogP contribution >= 0.6 is 0 Å². The van der Waals surface area contributed by atoms with Crippen molar-refractivity contribution < 1.29 is 14.3 Å². The Hall–Kier alpha value is -3.76. The number of aliphatic imine (C=N–C) groups is 1. The minimum absolute atomic E-state index is 0.0438. The fraction of sp³-hybridized carbons (Fsp3) is 0.250. The summed E-state index contributed by atoms with van der Waals surface area (Å²) in [4.78, 5) is 32.0. The number of hydrogen-bond acceptors (Lipinski definition) is 5. The average molecular weight is 414 g/mol. The first-order chi connectivity index (χ1) is 15.0. The summed E-state index contributed by atoms with van der Waals surface area (Å²) in [5.41, 5.74) is 2.04. The molecule has 31 heavy (non-hydrogen) atoms. The van der Waals surface area contributed by atoms with Gasteiger partial charge in [0, 0.05) is 29.8 Å². The van der Waals surface area contributed by atoms with Gasteiger partial charge in [-0.1, -0.05) is 42.5 Å². The predicted molar refractivity (Wildman–Crippen MR) is 116 cm³/mol. The third kappa shape index (κ3) is 4.11. The van der Waals surface area contributed by atoms with E-state index in [-0.39, 0.29) is 35.3 Å². The molecule has 1 N–H and O–H groups in total. The molecule has 0 bridgehead atoms. The Morgan fingerprint density at radius 2 is 1.65 bits per heavy atom. The van der Waals surface area contributed by atoms with Gasteiger partial charge in [-0.05, 0) is 26.0 Å². The van der Waals surface area contributed by atoms with Crippen LogP contribution in [0.15, 0.2) is 65.2 Å². The Kier molecular flexibility index (Phi) is 5.65.